The van der Waals surface area contributed by atoms with Crippen LogP contribution in [0.15, 0.2) is 72.8 Å². The van der Waals surface area contributed by atoms with Crippen LogP contribution in [0.5, 0.6) is 0 Å². The van der Waals surface area contributed by atoms with E-state index in [2.05, 4.69) is 35.5 Å². The van der Waals surface area contributed by atoms with Crippen LogP contribution in [0.2, 0.25) is 5.02 Å². The maximum atomic E-state index is 13.1. The summed E-state index contributed by atoms with van der Waals surface area (Å²) in [5, 5.41) is 3.69. The summed E-state index contributed by atoms with van der Waals surface area (Å²) in [4.78, 5) is 15.3. The molecule has 1 aliphatic rings. The van der Waals surface area contributed by atoms with Crippen molar-refractivity contribution >= 4 is 34.6 Å². The van der Waals surface area contributed by atoms with Crippen molar-refractivity contribution in [2.45, 2.75) is 12.3 Å². The highest BCUT2D eigenvalue weighted by Gasteiger charge is 2.29. The predicted octanol–water partition coefficient (Wildman–Crippen LogP) is 5.39. The van der Waals surface area contributed by atoms with E-state index < -0.39 is 0 Å². The van der Waals surface area contributed by atoms with Crippen molar-refractivity contribution in [3.8, 4) is 0 Å². The zero-order chi connectivity index (χ0) is 18.1. The van der Waals surface area contributed by atoms with Crippen molar-refractivity contribution in [2.24, 2.45) is 0 Å². The van der Waals surface area contributed by atoms with E-state index in [9.17, 15) is 4.79 Å². The molecule has 0 unspecified atom stereocenters. The van der Waals surface area contributed by atoms with Gasteiger partial charge in [0.05, 0.1) is 5.92 Å². The third-order valence-corrected chi connectivity index (χ3v) is 5.13. The summed E-state index contributed by atoms with van der Waals surface area (Å²) >= 11 is 5.94. The van der Waals surface area contributed by atoms with Gasteiger partial charge in [-0.3, -0.25) is 4.79 Å². The summed E-state index contributed by atoms with van der Waals surface area (Å²) in [5.74, 6) is -0.266. The maximum absolute atomic E-state index is 13.1. The Bertz CT molecular complexity index is 952. The smallest absolute Gasteiger partial charge is 0.232 e. The Balaban J connectivity index is 1.74. The normalized spacial score (nSPS) is 15.6. The minimum absolute atomic E-state index is 0.00937. The number of fused-ring (bicyclic) bond motifs is 2. The van der Waals surface area contributed by atoms with Gasteiger partial charge in [-0.1, -0.05) is 48.0 Å². The molecule has 0 saturated heterocycles. The van der Waals surface area contributed by atoms with Crippen LogP contribution in [-0.4, -0.2) is 13.0 Å². The molecule has 1 aliphatic heterocycles. The number of anilines is 3. The number of carbonyl (C=O) groups excluding carboxylic acids is 1. The lowest BCUT2D eigenvalue weighted by Gasteiger charge is -2.22. The second kappa shape index (κ2) is 6.85. The minimum atomic E-state index is -0.257. The molecular weight excluding hydrogens is 344 g/mol. The summed E-state index contributed by atoms with van der Waals surface area (Å²) in [6, 6.07) is 23.6. The summed E-state index contributed by atoms with van der Waals surface area (Å²) in [7, 11) is 2.05. The number of halogens is 1. The lowest BCUT2D eigenvalue weighted by Crippen LogP contribution is -2.23. The van der Waals surface area contributed by atoms with Gasteiger partial charge in [-0.25, -0.2) is 0 Å². The molecule has 0 radical (unpaired) electrons. The highest BCUT2D eigenvalue weighted by molar-refractivity contribution is 6.30. The van der Waals surface area contributed by atoms with E-state index in [1.54, 1.807) is 12.1 Å². The first-order chi connectivity index (χ1) is 12.6. The van der Waals surface area contributed by atoms with E-state index in [4.69, 9.17) is 11.6 Å². The molecule has 1 amide bonds. The SMILES string of the molecule is CN1c2ccccc2C[C@H](C(=O)Nc2ccc(Cl)cc2)c2ccccc21. The van der Waals surface area contributed by atoms with Gasteiger partial charge >= 0.3 is 0 Å². The summed E-state index contributed by atoms with van der Waals surface area (Å²) in [6.07, 6.45) is 0.664. The van der Waals surface area contributed by atoms with E-state index in [1.807, 2.05) is 42.5 Å². The number of rotatable bonds is 2. The van der Waals surface area contributed by atoms with E-state index in [0.29, 0.717) is 11.4 Å². The molecule has 3 aromatic rings. The van der Waals surface area contributed by atoms with Gasteiger partial charge in [-0.2, -0.15) is 0 Å². The van der Waals surface area contributed by atoms with E-state index in [1.165, 1.54) is 5.56 Å². The van der Waals surface area contributed by atoms with Crippen molar-refractivity contribution in [2.75, 3.05) is 17.3 Å². The minimum Gasteiger partial charge on any atom is -0.344 e. The molecule has 0 aliphatic carbocycles. The fraction of sp³-hybridized carbons (Fsp3) is 0.136. The quantitative estimate of drug-likeness (QED) is 0.663. The molecule has 4 rings (SSSR count). The number of nitrogens with zero attached hydrogens (tertiary/aromatic N) is 1. The molecule has 1 heterocycles. The van der Waals surface area contributed by atoms with Crippen LogP contribution in [0.1, 0.15) is 17.0 Å². The van der Waals surface area contributed by atoms with Crippen LogP contribution in [0, 0.1) is 0 Å². The van der Waals surface area contributed by atoms with Crippen LogP contribution < -0.4 is 10.2 Å². The van der Waals surface area contributed by atoms with Crippen molar-refractivity contribution in [1.29, 1.82) is 0 Å². The lowest BCUT2D eigenvalue weighted by atomic mass is 9.91. The van der Waals surface area contributed by atoms with E-state index in [-0.39, 0.29) is 11.8 Å². The topological polar surface area (TPSA) is 32.3 Å². The molecule has 3 nitrogen and oxygen atoms in total. The Morgan fingerprint density at radius 2 is 1.62 bits per heavy atom. The van der Waals surface area contributed by atoms with Gasteiger partial charge in [0.1, 0.15) is 0 Å². The van der Waals surface area contributed by atoms with E-state index in [0.717, 1.165) is 22.6 Å². The van der Waals surface area contributed by atoms with Gasteiger partial charge in [-0.15, -0.1) is 0 Å². The van der Waals surface area contributed by atoms with Crippen molar-refractivity contribution < 1.29 is 4.79 Å². The highest BCUT2D eigenvalue weighted by atomic mass is 35.5. The number of hydrogen-bond donors (Lipinski definition) is 1. The van der Waals surface area contributed by atoms with Gasteiger partial charge in [0, 0.05) is 29.1 Å². The highest BCUT2D eigenvalue weighted by Crippen LogP contribution is 2.40. The number of amides is 1. The summed E-state index contributed by atoms with van der Waals surface area (Å²) in [5.41, 5.74) is 5.17. The largest absolute Gasteiger partial charge is 0.344 e. The Morgan fingerprint density at radius 3 is 2.38 bits per heavy atom. The zero-order valence-electron chi connectivity index (χ0n) is 14.4. The number of para-hydroxylation sites is 2. The molecule has 4 heteroatoms. The molecule has 0 bridgehead atoms. The fourth-order valence-corrected chi connectivity index (χ4v) is 3.68. The standard InChI is InChI=1S/C22H19ClN2O/c1-25-20-8-4-2-6-15(20)14-19(18-7-3-5-9-21(18)25)22(26)24-17-12-10-16(23)11-13-17/h2-13,19H,14H2,1H3,(H,24,26)/t19-/m0/s1. The second-order valence-electron chi connectivity index (χ2n) is 6.50. The number of nitrogens with one attached hydrogen (secondary N) is 1. The predicted molar refractivity (Wildman–Crippen MR) is 107 cm³/mol. The maximum Gasteiger partial charge on any atom is 0.232 e. The van der Waals surface area contributed by atoms with Crippen molar-refractivity contribution in [3.05, 3.63) is 88.9 Å². The molecule has 0 fully saturated rings. The molecule has 0 spiro atoms. The Hall–Kier alpha value is -2.78. The first-order valence-corrected chi connectivity index (χ1v) is 8.98. The van der Waals surface area contributed by atoms with Gasteiger partial charge in [0.25, 0.3) is 0 Å². The molecule has 130 valence electrons. The van der Waals surface area contributed by atoms with Gasteiger partial charge < -0.3 is 10.2 Å². The number of benzene rings is 3. The first-order valence-electron chi connectivity index (χ1n) is 8.60. The fourth-order valence-electron chi connectivity index (χ4n) is 3.55. The monoisotopic (exact) mass is 362 g/mol. The van der Waals surface area contributed by atoms with Crippen LogP contribution in [0.25, 0.3) is 0 Å². The van der Waals surface area contributed by atoms with E-state index >= 15 is 0 Å². The van der Waals surface area contributed by atoms with Crippen molar-refractivity contribution in [1.82, 2.24) is 0 Å². The molecule has 0 saturated carbocycles. The number of carbonyl (C=O) groups is 1. The molecule has 1 N–H and O–H groups in total. The second-order valence-corrected chi connectivity index (χ2v) is 6.94. The average molecular weight is 363 g/mol. The van der Waals surface area contributed by atoms with Crippen LogP contribution in [0.4, 0.5) is 17.1 Å². The zero-order valence-corrected chi connectivity index (χ0v) is 15.2. The third-order valence-electron chi connectivity index (χ3n) is 4.88. The van der Waals surface area contributed by atoms with Crippen molar-refractivity contribution in [3.63, 3.8) is 0 Å². The van der Waals surface area contributed by atoms with Gasteiger partial charge in [0.15, 0.2) is 0 Å². The third kappa shape index (κ3) is 3.06. The molecular formula is C22H19ClN2O. The van der Waals surface area contributed by atoms with Crippen LogP contribution >= 0.6 is 11.6 Å². The summed E-state index contributed by atoms with van der Waals surface area (Å²) in [6.45, 7) is 0. The molecule has 1 atom stereocenters. The van der Waals surface area contributed by atoms with Gasteiger partial charge in [0.2, 0.25) is 5.91 Å². The van der Waals surface area contributed by atoms with Gasteiger partial charge in [-0.05, 0) is 53.9 Å². The molecule has 26 heavy (non-hydrogen) atoms. The lowest BCUT2D eigenvalue weighted by molar-refractivity contribution is -0.117. The molecule has 0 aromatic heterocycles. The number of hydrogen-bond acceptors (Lipinski definition) is 2. The average Bonchev–Trinajstić information content (AvgIpc) is 2.79. The first kappa shape index (κ1) is 16.7. The Kier molecular flexibility index (Phi) is 4.39. The Labute approximate surface area is 158 Å². The summed E-state index contributed by atoms with van der Waals surface area (Å²) < 4.78 is 0. The Morgan fingerprint density at radius 1 is 0.962 bits per heavy atom. The van der Waals surface area contributed by atoms with Crippen LogP contribution in [-0.2, 0) is 11.2 Å². The van der Waals surface area contributed by atoms with Crippen LogP contribution in [0.3, 0.4) is 0 Å². The molecule has 3 aromatic carbocycles.